The second kappa shape index (κ2) is 17.7. The highest BCUT2D eigenvalue weighted by Gasteiger charge is 2.37. The number of rotatable bonds is 4. The molecule has 1 aromatic carbocycles. The number of benzene rings is 1. The Kier molecular flexibility index (Phi) is 16.8. The van der Waals surface area contributed by atoms with Gasteiger partial charge in [0.15, 0.2) is 0 Å². The number of cyclic esters (lactones) is 2. The van der Waals surface area contributed by atoms with E-state index < -0.39 is 24.1 Å². The summed E-state index contributed by atoms with van der Waals surface area (Å²) in [6.45, 7) is 8.90. The van der Waals surface area contributed by atoms with E-state index in [2.05, 4.69) is 0 Å². The average molecular weight is 608 g/mol. The van der Waals surface area contributed by atoms with E-state index in [4.69, 9.17) is 9.47 Å². The number of ether oxygens (including phenoxy) is 2. The molecule has 2 unspecified atom stereocenters. The van der Waals surface area contributed by atoms with Gasteiger partial charge in [-0.15, -0.1) is 0 Å². The third-order valence-electron chi connectivity index (χ3n) is 7.81. The van der Waals surface area contributed by atoms with Gasteiger partial charge in [-0.1, -0.05) is 12.1 Å². The number of halogens is 2. The number of aliphatic hydroxyl groups excluding tert-OH is 2. The van der Waals surface area contributed by atoms with Crippen LogP contribution in [0.1, 0.15) is 74.1 Å². The normalized spacial score (nSPS) is 22.9. The van der Waals surface area contributed by atoms with Crippen molar-refractivity contribution in [3.05, 3.63) is 35.4 Å². The number of carbonyl (C=O) groups is 4. The number of aliphatic hydroxyl groups is 2. The van der Waals surface area contributed by atoms with E-state index in [-0.39, 0.29) is 95.9 Å². The lowest BCUT2D eigenvalue weighted by Gasteiger charge is -2.36. The Bertz CT molecular complexity index is 906. The number of amides is 2. The highest BCUT2D eigenvalue weighted by molar-refractivity contribution is 6.03. The van der Waals surface area contributed by atoms with Crippen LogP contribution in [-0.2, 0) is 19.1 Å². The van der Waals surface area contributed by atoms with Crippen LogP contribution in [0.5, 0.6) is 0 Å². The Balaban J connectivity index is 0.00000760. The summed E-state index contributed by atoms with van der Waals surface area (Å²) in [5.41, 5.74) is -0.0577. The molecule has 0 fully saturated rings. The summed E-state index contributed by atoms with van der Waals surface area (Å²) in [6, 6.07) is 5.99. The zero-order chi connectivity index (χ0) is 28.3. The first-order valence-electron chi connectivity index (χ1n) is 13.7. The first-order valence-corrected chi connectivity index (χ1v) is 13.7. The Morgan fingerprint density at radius 2 is 1.00 bits per heavy atom. The standard InChI is InChI=1S/C28H44N2O8.2ClH/c1-5-29(6-2)17-21(31)19-37-27(35)23-13-9-10-14-24(23)28(36)38-20-22(32)18-30(7-3,8-4)26(34)16-12-11-15-25(29)33;;/h9-10,13-14,21-22,31-32H,5-8,11-12,15-20H2,1-4H3;2*1H/q+2;;/p-2. The molecular weight excluding hydrogens is 563 g/mol. The largest absolute Gasteiger partial charge is 1.00 e. The second-order valence-corrected chi connectivity index (χ2v) is 9.97. The van der Waals surface area contributed by atoms with Crippen molar-refractivity contribution in [2.24, 2.45) is 0 Å². The van der Waals surface area contributed by atoms with E-state index in [0.29, 0.717) is 39.0 Å². The van der Waals surface area contributed by atoms with Crippen molar-refractivity contribution in [3.8, 4) is 0 Å². The second-order valence-electron chi connectivity index (χ2n) is 9.97. The summed E-state index contributed by atoms with van der Waals surface area (Å²) in [5, 5.41) is 21.3. The molecule has 0 spiro atoms. The molecule has 10 nitrogen and oxygen atoms in total. The average Bonchev–Trinajstić information content (AvgIpc) is 2.93. The van der Waals surface area contributed by atoms with Gasteiger partial charge in [0.05, 0.1) is 50.1 Å². The van der Waals surface area contributed by atoms with Crippen LogP contribution in [0.3, 0.4) is 0 Å². The zero-order valence-corrected chi connectivity index (χ0v) is 25.5. The maximum atomic E-state index is 13.2. The van der Waals surface area contributed by atoms with Gasteiger partial charge in [0.2, 0.25) is 0 Å². The van der Waals surface area contributed by atoms with Gasteiger partial charge in [0.25, 0.3) is 0 Å². The number of quaternary nitrogens is 2. The number of hydrogen-bond acceptors (Lipinski definition) is 8. The molecular formula is C28H44Cl2N2O8. The molecule has 0 aliphatic carbocycles. The van der Waals surface area contributed by atoms with Gasteiger partial charge >= 0.3 is 23.8 Å². The summed E-state index contributed by atoms with van der Waals surface area (Å²) in [4.78, 5) is 52.1. The predicted molar refractivity (Wildman–Crippen MR) is 140 cm³/mol. The maximum Gasteiger partial charge on any atom is 0.339 e. The summed E-state index contributed by atoms with van der Waals surface area (Å²) < 4.78 is 10.7. The molecule has 12 heteroatoms. The van der Waals surface area contributed by atoms with Crippen LogP contribution in [-0.4, -0.2) is 108 Å². The minimum Gasteiger partial charge on any atom is -1.00 e. The summed E-state index contributed by atoms with van der Waals surface area (Å²) in [7, 11) is 0. The van der Waals surface area contributed by atoms with Gasteiger partial charge in [0.1, 0.15) is 38.5 Å². The van der Waals surface area contributed by atoms with E-state index >= 15 is 0 Å². The molecule has 0 saturated heterocycles. The van der Waals surface area contributed by atoms with Crippen molar-refractivity contribution in [2.45, 2.75) is 65.6 Å². The summed E-state index contributed by atoms with van der Waals surface area (Å²) in [6.07, 6.45) is -0.579. The van der Waals surface area contributed by atoms with Crippen molar-refractivity contribution < 1.29 is 72.6 Å². The molecule has 40 heavy (non-hydrogen) atoms. The quantitative estimate of drug-likeness (QED) is 0.263. The first-order chi connectivity index (χ1) is 18.1. The molecule has 1 aromatic rings. The fourth-order valence-corrected chi connectivity index (χ4v) is 5.15. The number of carbonyl (C=O) groups excluding carboxylic acids is 4. The van der Waals surface area contributed by atoms with Gasteiger partial charge in [-0.3, -0.25) is 8.97 Å². The number of nitrogens with zero attached hydrogens (tertiary/aromatic N) is 2. The van der Waals surface area contributed by atoms with Gasteiger partial charge in [-0.05, 0) is 52.7 Å². The van der Waals surface area contributed by atoms with Gasteiger partial charge in [-0.2, -0.15) is 0 Å². The number of fused-ring (bicyclic) bond motifs is 1. The van der Waals surface area contributed by atoms with E-state index in [9.17, 15) is 29.4 Å². The van der Waals surface area contributed by atoms with Crippen LogP contribution in [0, 0.1) is 0 Å². The minimum atomic E-state index is -1.09. The Morgan fingerprint density at radius 1 is 0.675 bits per heavy atom. The lowest BCUT2D eigenvalue weighted by atomic mass is 10.1. The topological polar surface area (TPSA) is 127 Å². The molecule has 2 amide bonds. The molecule has 2 N–H and O–H groups in total. The monoisotopic (exact) mass is 606 g/mol. The van der Waals surface area contributed by atoms with Gasteiger partial charge in [-0.25, -0.2) is 19.2 Å². The molecule has 1 heterocycles. The smallest absolute Gasteiger partial charge is 0.339 e. The molecule has 228 valence electrons. The molecule has 0 radical (unpaired) electrons. The van der Waals surface area contributed by atoms with Crippen LogP contribution in [0.25, 0.3) is 0 Å². The van der Waals surface area contributed by atoms with Crippen LogP contribution < -0.4 is 24.8 Å². The van der Waals surface area contributed by atoms with E-state index in [0.717, 1.165) is 0 Å². The first kappa shape index (κ1) is 37.9. The van der Waals surface area contributed by atoms with Crippen molar-refractivity contribution in [3.63, 3.8) is 0 Å². The Hall–Kier alpha value is -2.08. The molecule has 2 rings (SSSR count). The lowest BCUT2D eigenvalue weighted by molar-refractivity contribution is -0.855. The highest BCUT2D eigenvalue weighted by Crippen LogP contribution is 2.19. The third kappa shape index (κ3) is 9.49. The molecule has 0 saturated carbocycles. The van der Waals surface area contributed by atoms with Crippen LogP contribution in [0.15, 0.2) is 24.3 Å². The molecule has 2 atom stereocenters. The van der Waals surface area contributed by atoms with Gasteiger partial charge < -0.3 is 44.5 Å². The van der Waals surface area contributed by atoms with E-state index in [1.807, 2.05) is 27.7 Å². The lowest BCUT2D eigenvalue weighted by Crippen LogP contribution is -3.00. The number of hydrogen-bond donors (Lipinski definition) is 2. The van der Waals surface area contributed by atoms with Crippen LogP contribution in [0.2, 0.25) is 0 Å². The molecule has 1 aliphatic rings. The SMILES string of the molecule is CC[N+]1(CC)CC(O)COC(=O)c2ccccc2C(=O)OCC(O)C[N+](CC)(CC)C(=O)CCCCC1=O.[Cl-].[Cl-]. The fourth-order valence-electron chi connectivity index (χ4n) is 5.15. The number of esters is 2. The van der Waals surface area contributed by atoms with Crippen molar-refractivity contribution in [1.29, 1.82) is 0 Å². The summed E-state index contributed by atoms with van der Waals surface area (Å²) in [5.74, 6) is -1.67. The summed E-state index contributed by atoms with van der Waals surface area (Å²) >= 11 is 0. The van der Waals surface area contributed by atoms with Crippen molar-refractivity contribution >= 4 is 23.8 Å². The predicted octanol–water partition coefficient (Wildman–Crippen LogP) is -3.93. The zero-order valence-electron chi connectivity index (χ0n) is 23.9. The third-order valence-corrected chi connectivity index (χ3v) is 7.81. The van der Waals surface area contributed by atoms with Crippen LogP contribution >= 0.6 is 0 Å². The molecule has 1 aliphatic heterocycles. The molecule has 0 bridgehead atoms. The maximum absolute atomic E-state index is 13.2. The van der Waals surface area contributed by atoms with Crippen molar-refractivity contribution in [2.75, 3.05) is 52.5 Å². The van der Waals surface area contributed by atoms with Crippen molar-refractivity contribution in [1.82, 2.24) is 0 Å². The van der Waals surface area contributed by atoms with Crippen LogP contribution in [0.4, 0.5) is 0 Å². The Morgan fingerprint density at radius 3 is 1.30 bits per heavy atom. The highest BCUT2D eigenvalue weighted by atomic mass is 35.5. The van der Waals surface area contributed by atoms with E-state index in [1.54, 1.807) is 12.1 Å². The van der Waals surface area contributed by atoms with Gasteiger partial charge in [0, 0.05) is 0 Å². The van der Waals surface area contributed by atoms with E-state index in [1.165, 1.54) is 12.1 Å². The number of likely N-dealkylation sites (N-methyl/N-ethyl adjacent to an activating group) is 2. The minimum absolute atomic E-state index is 0. The Labute approximate surface area is 249 Å². The molecule has 0 aromatic heterocycles. The fraction of sp³-hybridized carbons (Fsp3) is 0.643.